The minimum absolute atomic E-state index is 0. The van der Waals surface area contributed by atoms with Crippen LogP contribution in [0.5, 0.6) is 0 Å². The van der Waals surface area contributed by atoms with Crippen molar-refractivity contribution >= 4 is 29.9 Å². The molecule has 0 amide bonds. The summed E-state index contributed by atoms with van der Waals surface area (Å²) in [5.41, 5.74) is 0.473. The number of likely N-dealkylation sites (tertiary alicyclic amines) is 2. The number of nitrogens with one attached hydrogen (secondary N) is 1. The van der Waals surface area contributed by atoms with E-state index in [9.17, 15) is 0 Å². The molecular formula is C19H37IN4. The van der Waals surface area contributed by atoms with E-state index in [2.05, 4.69) is 34.0 Å². The third kappa shape index (κ3) is 5.23. The molecule has 140 valence electrons. The Labute approximate surface area is 165 Å². The molecule has 0 aromatic carbocycles. The van der Waals surface area contributed by atoms with E-state index in [0.717, 1.165) is 31.0 Å². The van der Waals surface area contributed by atoms with Crippen LogP contribution in [0.2, 0.25) is 0 Å². The molecule has 1 N–H and O–H groups in total. The fourth-order valence-corrected chi connectivity index (χ4v) is 4.67. The van der Waals surface area contributed by atoms with Gasteiger partial charge in [-0.25, -0.2) is 0 Å². The highest BCUT2D eigenvalue weighted by Crippen LogP contribution is 2.34. The van der Waals surface area contributed by atoms with Gasteiger partial charge in [-0.15, -0.1) is 24.0 Å². The van der Waals surface area contributed by atoms with Gasteiger partial charge in [0, 0.05) is 39.3 Å². The van der Waals surface area contributed by atoms with Crippen LogP contribution >= 0.6 is 24.0 Å². The smallest absolute Gasteiger partial charge is 0.193 e. The molecule has 5 heteroatoms. The molecule has 2 heterocycles. The number of piperidine rings is 1. The molecular weight excluding hydrogens is 411 g/mol. The zero-order chi connectivity index (χ0) is 16.3. The van der Waals surface area contributed by atoms with Crippen LogP contribution in [0.1, 0.15) is 58.8 Å². The van der Waals surface area contributed by atoms with E-state index >= 15 is 0 Å². The lowest BCUT2D eigenvalue weighted by Gasteiger charge is -2.42. The maximum Gasteiger partial charge on any atom is 0.193 e. The van der Waals surface area contributed by atoms with Crippen LogP contribution in [0.3, 0.4) is 0 Å². The number of hydrogen-bond acceptors (Lipinski definition) is 2. The third-order valence-corrected chi connectivity index (χ3v) is 6.08. The topological polar surface area (TPSA) is 30.9 Å². The second-order valence-corrected chi connectivity index (χ2v) is 8.39. The number of aliphatic imine (C=N–C) groups is 1. The van der Waals surface area contributed by atoms with Crippen LogP contribution in [-0.2, 0) is 0 Å². The maximum absolute atomic E-state index is 4.58. The van der Waals surface area contributed by atoms with Crippen molar-refractivity contribution in [2.75, 3.05) is 39.8 Å². The van der Waals surface area contributed by atoms with Gasteiger partial charge < -0.3 is 15.1 Å². The quantitative estimate of drug-likeness (QED) is 0.397. The van der Waals surface area contributed by atoms with Gasteiger partial charge in [0.2, 0.25) is 0 Å². The first-order valence-electron chi connectivity index (χ1n) is 9.83. The van der Waals surface area contributed by atoms with Crippen LogP contribution in [0, 0.1) is 11.3 Å². The average Bonchev–Trinajstić information content (AvgIpc) is 3.27. The predicted octanol–water partition coefficient (Wildman–Crippen LogP) is 3.57. The van der Waals surface area contributed by atoms with E-state index < -0.39 is 0 Å². The third-order valence-electron chi connectivity index (χ3n) is 6.08. The molecule has 1 saturated carbocycles. The van der Waals surface area contributed by atoms with Crippen molar-refractivity contribution in [3.8, 4) is 0 Å². The highest BCUT2D eigenvalue weighted by molar-refractivity contribution is 14.0. The molecule has 2 aliphatic heterocycles. The van der Waals surface area contributed by atoms with Crippen LogP contribution in [0.15, 0.2) is 4.99 Å². The fourth-order valence-electron chi connectivity index (χ4n) is 4.67. The number of nitrogens with zero attached hydrogens (tertiary/aromatic N) is 3. The van der Waals surface area contributed by atoms with Crippen molar-refractivity contribution in [2.45, 2.75) is 64.8 Å². The highest BCUT2D eigenvalue weighted by Gasteiger charge is 2.35. The number of rotatable bonds is 5. The lowest BCUT2D eigenvalue weighted by molar-refractivity contribution is 0.142. The lowest BCUT2D eigenvalue weighted by atomic mass is 9.78. The second kappa shape index (κ2) is 9.06. The summed E-state index contributed by atoms with van der Waals surface area (Å²) < 4.78 is 0. The minimum atomic E-state index is 0. The molecule has 0 spiro atoms. The van der Waals surface area contributed by atoms with E-state index in [4.69, 9.17) is 0 Å². The minimum Gasteiger partial charge on any atom is -0.356 e. The van der Waals surface area contributed by atoms with Gasteiger partial charge >= 0.3 is 0 Å². The Morgan fingerprint density at radius 2 is 2.04 bits per heavy atom. The monoisotopic (exact) mass is 448 g/mol. The first-order valence-corrected chi connectivity index (χ1v) is 9.83. The summed E-state index contributed by atoms with van der Waals surface area (Å²) in [6.07, 6.45) is 9.52. The molecule has 2 atom stereocenters. The Morgan fingerprint density at radius 3 is 2.71 bits per heavy atom. The van der Waals surface area contributed by atoms with E-state index in [0.29, 0.717) is 5.41 Å². The molecule has 24 heavy (non-hydrogen) atoms. The molecule has 3 aliphatic rings. The summed E-state index contributed by atoms with van der Waals surface area (Å²) in [6.45, 7) is 10.8. The van der Waals surface area contributed by atoms with E-state index in [-0.39, 0.29) is 24.0 Å². The van der Waals surface area contributed by atoms with E-state index in [1.165, 1.54) is 64.6 Å². The van der Waals surface area contributed by atoms with Crippen molar-refractivity contribution in [1.29, 1.82) is 0 Å². The Kier molecular flexibility index (Phi) is 7.65. The standard InChI is InChI=1S/C19H36N4.HI/c1-4-9-19(2)10-5-11-23(15-19)18(20-3)21-13-16-8-12-22(14-16)17-6-7-17;/h16-17H,4-15H2,1-3H3,(H,20,21);1H. The van der Waals surface area contributed by atoms with Crippen molar-refractivity contribution < 1.29 is 0 Å². The van der Waals surface area contributed by atoms with Crippen LogP contribution in [-0.4, -0.2) is 61.6 Å². The first kappa shape index (κ1) is 20.3. The number of halogens is 1. The van der Waals surface area contributed by atoms with Crippen molar-refractivity contribution in [3.05, 3.63) is 0 Å². The molecule has 4 nitrogen and oxygen atoms in total. The maximum atomic E-state index is 4.58. The zero-order valence-electron chi connectivity index (χ0n) is 15.9. The van der Waals surface area contributed by atoms with Crippen molar-refractivity contribution in [3.63, 3.8) is 0 Å². The van der Waals surface area contributed by atoms with E-state index in [1.54, 1.807) is 0 Å². The fraction of sp³-hybridized carbons (Fsp3) is 0.947. The van der Waals surface area contributed by atoms with Gasteiger partial charge in [-0.2, -0.15) is 0 Å². The summed E-state index contributed by atoms with van der Waals surface area (Å²) in [5.74, 6) is 1.94. The summed E-state index contributed by atoms with van der Waals surface area (Å²) in [7, 11) is 1.94. The van der Waals surface area contributed by atoms with E-state index in [1.807, 2.05) is 7.05 Å². The molecule has 0 aromatic rings. The molecule has 1 aliphatic carbocycles. The molecule has 2 unspecified atom stereocenters. The Balaban J connectivity index is 0.00000208. The van der Waals surface area contributed by atoms with Crippen molar-refractivity contribution in [1.82, 2.24) is 15.1 Å². The molecule has 3 rings (SSSR count). The van der Waals surface area contributed by atoms with Gasteiger partial charge in [0.15, 0.2) is 5.96 Å². The Morgan fingerprint density at radius 1 is 1.25 bits per heavy atom. The van der Waals surface area contributed by atoms with Gasteiger partial charge in [0.1, 0.15) is 0 Å². The van der Waals surface area contributed by atoms with Crippen LogP contribution in [0.4, 0.5) is 0 Å². The summed E-state index contributed by atoms with van der Waals surface area (Å²) >= 11 is 0. The largest absolute Gasteiger partial charge is 0.356 e. The second-order valence-electron chi connectivity index (χ2n) is 8.39. The van der Waals surface area contributed by atoms with Crippen molar-refractivity contribution in [2.24, 2.45) is 16.3 Å². The molecule has 0 bridgehead atoms. The molecule has 2 saturated heterocycles. The van der Waals surface area contributed by atoms with Crippen LogP contribution < -0.4 is 5.32 Å². The summed E-state index contributed by atoms with van der Waals surface area (Å²) in [6, 6.07) is 0.927. The van der Waals surface area contributed by atoms with Gasteiger partial charge in [-0.1, -0.05) is 20.3 Å². The molecule has 0 aromatic heterocycles. The number of guanidine groups is 1. The normalized spacial score (nSPS) is 31.9. The summed E-state index contributed by atoms with van der Waals surface area (Å²) in [4.78, 5) is 9.79. The van der Waals surface area contributed by atoms with Gasteiger partial charge in [-0.3, -0.25) is 4.99 Å². The summed E-state index contributed by atoms with van der Waals surface area (Å²) in [5, 5.41) is 3.69. The van der Waals surface area contributed by atoms with Gasteiger partial charge in [0.05, 0.1) is 0 Å². The highest BCUT2D eigenvalue weighted by atomic mass is 127. The SMILES string of the molecule is CCCC1(C)CCCN(C(=NC)NCC2CCN(C3CC3)C2)C1.I. The van der Waals surface area contributed by atoms with Gasteiger partial charge in [0.25, 0.3) is 0 Å². The average molecular weight is 448 g/mol. The Bertz CT molecular complexity index is 420. The number of hydrogen-bond donors (Lipinski definition) is 1. The zero-order valence-corrected chi connectivity index (χ0v) is 18.2. The predicted molar refractivity (Wildman–Crippen MR) is 113 cm³/mol. The first-order chi connectivity index (χ1) is 11.1. The van der Waals surface area contributed by atoms with Crippen LogP contribution in [0.25, 0.3) is 0 Å². The Hall–Kier alpha value is -0.0400. The molecule has 3 fully saturated rings. The molecule has 0 radical (unpaired) electrons. The lowest BCUT2D eigenvalue weighted by Crippen LogP contribution is -2.50. The van der Waals surface area contributed by atoms with Gasteiger partial charge in [-0.05, 0) is 56.4 Å².